The molecule has 0 radical (unpaired) electrons. The molecule has 0 bridgehead atoms. The maximum Gasteiger partial charge on any atom is 0.428 e. The number of rotatable bonds is 4. The Bertz CT molecular complexity index is 807. The number of nitrogens with one attached hydrogen (secondary N) is 3. The third-order valence-corrected chi connectivity index (χ3v) is 4.89. The van der Waals surface area contributed by atoms with Gasteiger partial charge in [-0.3, -0.25) is 15.3 Å². The standard InChI is InChI=1S/C16H17BrClN5O3/c17-12-13(19-14(24)10-6-2-3-7-11(10)18)20-21-15(12)26-16(25)22-23-8-4-1-5-9-23/h2-3,6-7H,1,4-5,8-9H2,(H,22,25)(H2,19,20,21,24). The number of piperidine rings is 1. The van der Waals surface area contributed by atoms with Crippen molar-refractivity contribution in [2.45, 2.75) is 19.3 Å². The Morgan fingerprint density at radius 1 is 1.23 bits per heavy atom. The molecule has 2 aromatic rings. The van der Waals surface area contributed by atoms with Crippen LogP contribution in [0.5, 0.6) is 5.88 Å². The van der Waals surface area contributed by atoms with Crippen molar-refractivity contribution in [2.75, 3.05) is 18.4 Å². The first-order valence-corrected chi connectivity index (χ1v) is 9.25. The van der Waals surface area contributed by atoms with Crippen LogP contribution in [0, 0.1) is 0 Å². The maximum atomic E-state index is 12.3. The molecule has 3 N–H and O–H groups in total. The van der Waals surface area contributed by atoms with Gasteiger partial charge < -0.3 is 10.1 Å². The van der Waals surface area contributed by atoms with E-state index >= 15 is 0 Å². The molecule has 8 nitrogen and oxygen atoms in total. The van der Waals surface area contributed by atoms with E-state index in [-0.39, 0.29) is 11.7 Å². The number of halogens is 2. The lowest BCUT2D eigenvalue weighted by atomic mass is 10.2. The van der Waals surface area contributed by atoms with E-state index in [1.165, 1.54) is 0 Å². The molecule has 138 valence electrons. The van der Waals surface area contributed by atoms with Crippen LogP contribution in [-0.2, 0) is 0 Å². The molecule has 0 unspecified atom stereocenters. The van der Waals surface area contributed by atoms with E-state index in [2.05, 4.69) is 36.9 Å². The highest BCUT2D eigenvalue weighted by Gasteiger charge is 2.20. The molecule has 1 aliphatic rings. The number of hydrogen-bond acceptors (Lipinski definition) is 5. The summed E-state index contributed by atoms with van der Waals surface area (Å²) in [6.07, 6.45) is 2.59. The Labute approximate surface area is 163 Å². The van der Waals surface area contributed by atoms with Gasteiger partial charge in [0, 0.05) is 13.1 Å². The van der Waals surface area contributed by atoms with E-state index in [1.54, 1.807) is 24.3 Å². The molecule has 10 heteroatoms. The second kappa shape index (κ2) is 8.52. The van der Waals surface area contributed by atoms with Crippen molar-refractivity contribution in [1.29, 1.82) is 0 Å². The van der Waals surface area contributed by atoms with Gasteiger partial charge >= 0.3 is 6.09 Å². The van der Waals surface area contributed by atoms with Gasteiger partial charge in [0.05, 0.1) is 10.6 Å². The summed E-state index contributed by atoms with van der Waals surface area (Å²) in [6, 6.07) is 6.67. The number of hydrogen-bond donors (Lipinski definition) is 3. The molecule has 1 saturated heterocycles. The average Bonchev–Trinajstić information content (AvgIpc) is 2.96. The lowest BCUT2D eigenvalue weighted by Crippen LogP contribution is -2.46. The molecule has 3 rings (SSSR count). The van der Waals surface area contributed by atoms with E-state index in [1.807, 2.05) is 5.01 Å². The topological polar surface area (TPSA) is 99.3 Å². The number of benzene rings is 1. The molecule has 1 aliphatic heterocycles. The minimum atomic E-state index is -0.636. The zero-order valence-corrected chi connectivity index (χ0v) is 16.1. The third kappa shape index (κ3) is 4.54. The molecule has 0 atom stereocenters. The predicted octanol–water partition coefficient (Wildman–Crippen LogP) is 3.57. The van der Waals surface area contributed by atoms with Gasteiger partial charge in [-0.15, -0.1) is 5.10 Å². The largest absolute Gasteiger partial charge is 0.428 e. The van der Waals surface area contributed by atoms with Gasteiger partial charge in [-0.25, -0.2) is 9.80 Å². The van der Waals surface area contributed by atoms with Crippen molar-refractivity contribution in [1.82, 2.24) is 20.6 Å². The zero-order chi connectivity index (χ0) is 18.5. The first-order chi connectivity index (χ1) is 12.5. The van der Waals surface area contributed by atoms with Crippen molar-refractivity contribution in [3.05, 3.63) is 39.3 Å². The van der Waals surface area contributed by atoms with Crippen LogP contribution in [0.25, 0.3) is 0 Å². The van der Waals surface area contributed by atoms with Crippen molar-refractivity contribution in [3.63, 3.8) is 0 Å². The first kappa shape index (κ1) is 18.7. The summed E-state index contributed by atoms with van der Waals surface area (Å²) in [5.74, 6) is -0.131. The minimum Gasteiger partial charge on any atom is -0.387 e. The lowest BCUT2D eigenvalue weighted by Gasteiger charge is -2.25. The number of ether oxygens (including phenoxy) is 1. The number of carbonyl (C=O) groups is 2. The van der Waals surface area contributed by atoms with Crippen LogP contribution in [-0.4, -0.2) is 40.3 Å². The quantitative estimate of drug-likeness (QED) is 0.672. The fraction of sp³-hybridized carbons (Fsp3) is 0.312. The predicted molar refractivity (Wildman–Crippen MR) is 100 cm³/mol. The molecule has 0 aliphatic carbocycles. The number of anilines is 1. The molecular formula is C16H17BrClN5O3. The summed E-state index contributed by atoms with van der Waals surface area (Å²) in [6.45, 7) is 1.58. The summed E-state index contributed by atoms with van der Waals surface area (Å²) >= 11 is 9.28. The van der Waals surface area contributed by atoms with E-state index < -0.39 is 12.0 Å². The Morgan fingerprint density at radius 2 is 1.96 bits per heavy atom. The number of nitrogens with zero attached hydrogens (tertiary/aromatic N) is 2. The molecular weight excluding hydrogens is 426 g/mol. The molecule has 0 spiro atoms. The summed E-state index contributed by atoms with van der Waals surface area (Å²) in [7, 11) is 0. The zero-order valence-electron chi connectivity index (χ0n) is 13.7. The van der Waals surface area contributed by atoms with Gasteiger partial charge in [0.15, 0.2) is 0 Å². The van der Waals surface area contributed by atoms with Crippen molar-refractivity contribution >= 4 is 45.3 Å². The van der Waals surface area contributed by atoms with E-state index in [0.29, 0.717) is 15.1 Å². The highest BCUT2D eigenvalue weighted by molar-refractivity contribution is 9.10. The highest BCUT2D eigenvalue weighted by atomic mass is 79.9. The number of carbonyl (C=O) groups excluding carboxylic acids is 2. The Kier molecular flexibility index (Phi) is 6.12. The lowest BCUT2D eigenvalue weighted by molar-refractivity contribution is 0.102. The molecule has 26 heavy (non-hydrogen) atoms. The van der Waals surface area contributed by atoms with Crippen molar-refractivity contribution in [2.24, 2.45) is 0 Å². The van der Waals surface area contributed by atoms with Crippen LogP contribution >= 0.6 is 27.5 Å². The van der Waals surface area contributed by atoms with Crippen LogP contribution < -0.4 is 15.5 Å². The Hall–Kier alpha value is -2.10. The third-order valence-electron chi connectivity index (χ3n) is 3.83. The van der Waals surface area contributed by atoms with Gasteiger partial charge in [-0.2, -0.15) is 0 Å². The SMILES string of the molecule is O=C(NN1CCCCC1)Oc1n[nH]c(NC(=O)c2ccccc2Cl)c1Br. The summed E-state index contributed by atoms with van der Waals surface area (Å²) in [4.78, 5) is 24.3. The van der Waals surface area contributed by atoms with Crippen LogP contribution in [0.3, 0.4) is 0 Å². The monoisotopic (exact) mass is 441 g/mol. The molecule has 0 saturated carbocycles. The number of hydrazine groups is 1. The molecule has 1 aromatic heterocycles. The summed E-state index contributed by atoms with van der Waals surface area (Å²) in [5, 5.41) is 11.3. The average molecular weight is 443 g/mol. The summed E-state index contributed by atoms with van der Waals surface area (Å²) in [5.41, 5.74) is 2.99. The number of aromatic amines is 1. The van der Waals surface area contributed by atoms with Crippen molar-refractivity contribution < 1.29 is 14.3 Å². The second-order valence-electron chi connectivity index (χ2n) is 5.70. The minimum absolute atomic E-state index is 0.0222. The van der Waals surface area contributed by atoms with Crippen LogP contribution in [0.2, 0.25) is 5.02 Å². The normalized spacial score (nSPS) is 14.7. The van der Waals surface area contributed by atoms with E-state index in [4.69, 9.17) is 16.3 Å². The maximum absolute atomic E-state index is 12.3. The van der Waals surface area contributed by atoms with Crippen LogP contribution in [0.15, 0.2) is 28.7 Å². The molecule has 2 heterocycles. The number of aromatic nitrogens is 2. The van der Waals surface area contributed by atoms with Crippen LogP contribution in [0.4, 0.5) is 10.6 Å². The fourth-order valence-electron chi connectivity index (χ4n) is 2.53. The highest BCUT2D eigenvalue weighted by Crippen LogP contribution is 2.30. The van der Waals surface area contributed by atoms with Crippen molar-refractivity contribution in [3.8, 4) is 5.88 Å². The fourth-order valence-corrected chi connectivity index (χ4v) is 3.11. The van der Waals surface area contributed by atoms with Gasteiger partial charge in [0.25, 0.3) is 11.8 Å². The molecule has 1 aromatic carbocycles. The van der Waals surface area contributed by atoms with E-state index in [9.17, 15) is 9.59 Å². The second-order valence-corrected chi connectivity index (χ2v) is 6.90. The summed E-state index contributed by atoms with van der Waals surface area (Å²) < 4.78 is 5.51. The van der Waals surface area contributed by atoms with Crippen LogP contribution in [0.1, 0.15) is 29.6 Å². The van der Waals surface area contributed by atoms with Gasteiger partial charge in [-0.05, 0) is 40.9 Å². The van der Waals surface area contributed by atoms with Gasteiger partial charge in [0.1, 0.15) is 10.3 Å². The Balaban J connectivity index is 1.61. The van der Waals surface area contributed by atoms with Gasteiger partial charge in [-0.1, -0.05) is 30.2 Å². The molecule has 1 fully saturated rings. The van der Waals surface area contributed by atoms with Gasteiger partial charge in [0.2, 0.25) is 0 Å². The van der Waals surface area contributed by atoms with E-state index in [0.717, 1.165) is 32.4 Å². The number of amides is 2. The number of H-pyrrole nitrogens is 1. The smallest absolute Gasteiger partial charge is 0.387 e. The Morgan fingerprint density at radius 3 is 2.69 bits per heavy atom. The molecule has 2 amide bonds. The first-order valence-electron chi connectivity index (χ1n) is 8.08.